The van der Waals surface area contributed by atoms with Crippen molar-refractivity contribution in [2.24, 2.45) is 0 Å². The van der Waals surface area contributed by atoms with E-state index in [1.807, 2.05) is 0 Å². The highest BCUT2D eigenvalue weighted by atomic mass is 19.1. The lowest BCUT2D eigenvalue weighted by atomic mass is 10.0. The number of halogens is 2. The highest BCUT2D eigenvalue weighted by Gasteiger charge is 2.13. The molecule has 0 radical (unpaired) electrons. The van der Waals surface area contributed by atoms with Crippen molar-refractivity contribution in [3.05, 3.63) is 54.1 Å². The van der Waals surface area contributed by atoms with Crippen LogP contribution in [0.1, 0.15) is 0 Å². The van der Waals surface area contributed by atoms with Gasteiger partial charge in [-0.2, -0.15) is 0 Å². The molecule has 1 aromatic heterocycles. The molecule has 2 aromatic carbocycles. The number of nitrogens with two attached hydrogens (primary N) is 1. The summed E-state index contributed by atoms with van der Waals surface area (Å²) in [6, 6.07) is 10.3. The van der Waals surface area contributed by atoms with Crippen molar-refractivity contribution < 1.29 is 8.78 Å². The van der Waals surface area contributed by atoms with E-state index < -0.39 is 11.6 Å². The molecule has 19 heavy (non-hydrogen) atoms. The molecule has 3 rings (SSSR count). The predicted octanol–water partition coefficient (Wildman–Crippen LogP) is 3.16. The van der Waals surface area contributed by atoms with E-state index in [0.717, 1.165) is 18.2 Å². The van der Waals surface area contributed by atoms with Gasteiger partial charge in [0.1, 0.15) is 17.3 Å². The molecule has 3 nitrogen and oxygen atoms in total. The lowest BCUT2D eigenvalue weighted by molar-refractivity contribution is 0.602. The number of rotatable bonds is 1. The van der Waals surface area contributed by atoms with Crippen LogP contribution in [0, 0.1) is 11.6 Å². The second-order valence-corrected chi connectivity index (χ2v) is 4.10. The molecule has 0 atom stereocenters. The van der Waals surface area contributed by atoms with Gasteiger partial charge in [0.15, 0.2) is 5.82 Å². The first-order valence-corrected chi connectivity index (χ1v) is 5.63. The molecule has 3 aromatic rings. The molecule has 0 bridgehead atoms. The zero-order valence-electron chi connectivity index (χ0n) is 9.77. The average Bonchev–Trinajstić information content (AvgIpc) is 2.43. The largest absolute Gasteiger partial charge is 0.382 e. The van der Waals surface area contributed by atoms with Gasteiger partial charge < -0.3 is 5.73 Å². The minimum absolute atomic E-state index is 0.0729. The zero-order chi connectivity index (χ0) is 13.4. The van der Waals surface area contributed by atoms with E-state index in [-0.39, 0.29) is 17.1 Å². The monoisotopic (exact) mass is 257 g/mol. The number of hydrogen-bond acceptors (Lipinski definition) is 3. The van der Waals surface area contributed by atoms with E-state index >= 15 is 0 Å². The number of benzene rings is 2. The molecule has 0 saturated carbocycles. The van der Waals surface area contributed by atoms with Crippen LogP contribution in [0.4, 0.5) is 14.6 Å². The third-order valence-electron chi connectivity index (χ3n) is 2.90. The van der Waals surface area contributed by atoms with Crippen molar-refractivity contribution in [1.82, 2.24) is 10.2 Å². The predicted molar refractivity (Wildman–Crippen MR) is 69.3 cm³/mol. The Morgan fingerprint density at radius 2 is 1.63 bits per heavy atom. The average molecular weight is 257 g/mol. The topological polar surface area (TPSA) is 51.8 Å². The fourth-order valence-electron chi connectivity index (χ4n) is 2.00. The van der Waals surface area contributed by atoms with Crippen molar-refractivity contribution in [3.63, 3.8) is 0 Å². The van der Waals surface area contributed by atoms with Crippen molar-refractivity contribution in [1.29, 1.82) is 0 Å². The van der Waals surface area contributed by atoms with Gasteiger partial charge in [-0.1, -0.05) is 24.3 Å². The van der Waals surface area contributed by atoms with Gasteiger partial charge >= 0.3 is 0 Å². The van der Waals surface area contributed by atoms with Crippen LogP contribution < -0.4 is 5.73 Å². The van der Waals surface area contributed by atoms with Crippen LogP contribution in [-0.4, -0.2) is 10.2 Å². The molecule has 0 saturated heterocycles. The van der Waals surface area contributed by atoms with E-state index in [1.54, 1.807) is 24.3 Å². The van der Waals surface area contributed by atoms with Gasteiger partial charge in [0.05, 0.1) is 0 Å². The first-order valence-electron chi connectivity index (χ1n) is 5.63. The standard InChI is InChI=1S/C14H9F2N3/c15-8-5-6-12(16)11(7-8)13-9-3-1-2-4-10(9)14(17)19-18-13/h1-7H,(H2,17,19). The van der Waals surface area contributed by atoms with Crippen LogP contribution in [0.25, 0.3) is 22.0 Å². The summed E-state index contributed by atoms with van der Waals surface area (Å²) < 4.78 is 27.1. The zero-order valence-corrected chi connectivity index (χ0v) is 9.77. The molecule has 0 aliphatic heterocycles. The highest BCUT2D eigenvalue weighted by Crippen LogP contribution is 2.30. The Kier molecular flexibility index (Phi) is 2.59. The smallest absolute Gasteiger partial charge is 0.154 e. The van der Waals surface area contributed by atoms with E-state index in [4.69, 9.17) is 5.73 Å². The van der Waals surface area contributed by atoms with E-state index in [2.05, 4.69) is 10.2 Å². The number of aromatic nitrogens is 2. The Hall–Kier alpha value is -2.56. The summed E-state index contributed by atoms with van der Waals surface area (Å²) in [5, 5.41) is 8.99. The number of nitrogen functional groups attached to an aromatic ring is 1. The van der Waals surface area contributed by atoms with Crippen LogP contribution >= 0.6 is 0 Å². The summed E-state index contributed by atoms with van der Waals surface area (Å²) in [6.07, 6.45) is 0. The SMILES string of the molecule is Nc1nnc(-c2cc(F)ccc2F)c2ccccc12. The maximum Gasteiger partial charge on any atom is 0.154 e. The summed E-state index contributed by atoms with van der Waals surface area (Å²) in [7, 11) is 0. The molecular weight excluding hydrogens is 248 g/mol. The number of anilines is 1. The Balaban J connectivity index is 2.37. The quantitative estimate of drug-likeness (QED) is 0.728. The van der Waals surface area contributed by atoms with E-state index in [9.17, 15) is 8.78 Å². The molecule has 0 aliphatic rings. The van der Waals surface area contributed by atoms with Crippen LogP contribution in [0.3, 0.4) is 0 Å². The van der Waals surface area contributed by atoms with Gasteiger partial charge in [-0.3, -0.25) is 0 Å². The Morgan fingerprint density at radius 3 is 2.42 bits per heavy atom. The normalized spacial score (nSPS) is 10.8. The minimum atomic E-state index is -0.550. The van der Waals surface area contributed by atoms with Gasteiger partial charge in [0.25, 0.3) is 0 Å². The second-order valence-electron chi connectivity index (χ2n) is 4.10. The van der Waals surface area contributed by atoms with Crippen molar-refractivity contribution in [3.8, 4) is 11.3 Å². The van der Waals surface area contributed by atoms with Crippen molar-refractivity contribution in [2.45, 2.75) is 0 Å². The van der Waals surface area contributed by atoms with Crippen LogP contribution in [0.2, 0.25) is 0 Å². The number of nitrogens with zero attached hydrogens (tertiary/aromatic N) is 2. The fourth-order valence-corrected chi connectivity index (χ4v) is 2.00. The molecule has 1 heterocycles. The second kappa shape index (κ2) is 4.28. The van der Waals surface area contributed by atoms with E-state index in [0.29, 0.717) is 10.8 Å². The Bertz CT molecular complexity index is 772. The van der Waals surface area contributed by atoms with Gasteiger partial charge in [0.2, 0.25) is 0 Å². The molecule has 5 heteroatoms. The van der Waals surface area contributed by atoms with Crippen molar-refractivity contribution >= 4 is 16.6 Å². The Labute approximate surface area is 107 Å². The van der Waals surface area contributed by atoms with Crippen LogP contribution in [0.15, 0.2) is 42.5 Å². The summed E-state index contributed by atoms with van der Waals surface area (Å²) in [5.41, 5.74) is 6.08. The number of hydrogen-bond donors (Lipinski definition) is 1. The van der Waals surface area contributed by atoms with E-state index in [1.165, 1.54) is 0 Å². The summed E-state index contributed by atoms with van der Waals surface area (Å²) in [6.45, 7) is 0. The highest BCUT2D eigenvalue weighted by molar-refractivity contribution is 5.99. The first-order chi connectivity index (χ1) is 9.16. The molecule has 0 aliphatic carbocycles. The summed E-state index contributed by atoms with van der Waals surface area (Å²) in [4.78, 5) is 0. The molecular formula is C14H9F2N3. The molecule has 0 spiro atoms. The lowest BCUT2D eigenvalue weighted by Crippen LogP contribution is -1.98. The molecule has 2 N–H and O–H groups in total. The molecule has 94 valence electrons. The van der Waals surface area contributed by atoms with Crippen molar-refractivity contribution in [2.75, 3.05) is 5.73 Å². The maximum atomic E-state index is 13.8. The summed E-state index contributed by atoms with van der Waals surface area (Å²) in [5.74, 6) is -0.819. The Morgan fingerprint density at radius 1 is 0.895 bits per heavy atom. The van der Waals surface area contributed by atoms with Gasteiger partial charge in [-0.15, -0.1) is 10.2 Å². The first kappa shape index (κ1) is 11.5. The van der Waals surface area contributed by atoms with Gasteiger partial charge in [-0.05, 0) is 18.2 Å². The minimum Gasteiger partial charge on any atom is -0.382 e. The molecule has 0 unspecified atom stereocenters. The van der Waals surface area contributed by atoms with Crippen LogP contribution in [0.5, 0.6) is 0 Å². The third kappa shape index (κ3) is 1.89. The summed E-state index contributed by atoms with van der Waals surface area (Å²) >= 11 is 0. The molecule has 0 fully saturated rings. The third-order valence-corrected chi connectivity index (χ3v) is 2.90. The maximum absolute atomic E-state index is 13.8. The number of fused-ring (bicyclic) bond motifs is 1. The van der Waals surface area contributed by atoms with Crippen LogP contribution in [-0.2, 0) is 0 Å². The fraction of sp³-hybridized carbons (Fsp3) is 0. The van der Waals surface area contributed by atoms with Gasteiger partial charge in [-0.25, -0.2) is 8.78 Å². The van der Waals surface area contributed by atoms with Gasteiger partial charge in [0, 0.05) is 16.3 Å². The lowest BCUT2D eigenvalue weighted by Gasteiger charge is -2.07. The molecule has 0 amide bonds.